The van der Waals surface area contributed by atoms with Gasteiger partial charge in [0.25, 0.3) is 16.1 Å². The molecule has 0 heterocycles. The van der Waals surface area contributed by atoms with E-state index in [1.807, 2.05) is 0 Å². The van der Waals surface area contributed by atoms with Gasteiger partial charge in [-0.2, -0.15) is 0 Å². The lowest BCUT2D eigenvalue weighted by Gasteiger charge is -2.37. The Morgan fingerprint density at radius 2 is 1.44 bits per heavy atom. The van der Waals surface area contributed by atoms with Gasteiger partial charge in [-0.05, 0) is 56.2 Å². The van der Waals surface area contributed by atoms with E-state index in [0.29, 0.717) is 11.1 Å². The Balaban J connectivity index is 2.17. The van der Waals surface area contributed by atoms with Crippen LogP contribution in [0.5, 0.6) is 0 Å². The van der Waals surface area contributed by atoms with Crippen molar-refractivity contribution in [2.75, 3.05) is 13.2 Å². The first kappa shape index (κ1) is 28.0. The van der Waals surface area contributed by atoms with E-state index in [-0.39, 0.29) is 30.9 Å². The third-order valence-corrected chi connectivity index (χ3v) is 4.93. The molecule has 0 fully saturated rings. The Morgan fingerprint density at radius 3 is 1.92 bits per heavy atom. The van der Waals surface area contributed by atoms with E-state index in [9.17, 15) is 34.9 Å². The van der Waals surface area contributed by atoms with Gasteiger partial charge in [0.2, 0.25) is 0 Å². The van der Waals surface area contributed by atoms with Crippen molar-refractivity contribution in [2.45, 2.75) is 45.6 Å². The molecule has 1 atom stereocenters. The molecule has 0 saturated carbocycles. The quantitative estimate of drug-likeness (QED) is 0.257. The zero-order valence-electron chi connectivity index (χ0n) is 20.0. The highest BCUT2D eigenvalue weighted by Gasteiger charge is 2.31. The SMILES string of the molecule is CC(C)(C)N(CC(CO)OC(=O)c1cccc(CO[N+](=O)[O-])c1)C(=O)c1cccc(CO[N+](=O)[O-])c1. The van der Waals surface area contributed by atoms with Gasteiger partial charge in [-0.1, -0.05) is 24.3 Å². The summed E-state index contributed by atoms with van der Waals surface area (Å²) in [6.45, 7) is 3.89. The molecule has 2 aromatic rings. The van der Waals surface area contributed by atoms with Crippen LogP contribution in [0.15, 0.2) is 48.5 Å². The number of hydrogen-bond donors (Lipinski definition) is 1. The molecule has 0 spiro atoms. The van der Waals surface area contributed by atoms with Crippen LogP contribution in [0.1, 0.15) is 52.6 Å². The molecule has 1 N–H and O–H groups in total. The summed E-state index contributed by atoms with van der Waals surface area (Å²) in [6, 6.07) is 12.0. The minimum atomic E-state index is -1.08. The first-order valence-electron chi connectivity index (χ1n) is 10.8. The maximum Gasteiger partial charge on any atom is 0.338 e. The van der Waals surface area contributed by atoms with E-state index in [2.05, 4.69) is 9.68 Å². The van der Waals surface area contributed by atoms with Crippen LogP contribution in [0.3, 0.4) is 0 Å². The van der Waals surface area contributed by atoms with Crippen molar-refractivity contribution < 1.29 is 39.3 Å². The number of nitrogens with zero attached hydrogens (tertiary/aromatic N) is 3. The van der Waals surface area contributed by atoms with Gasteiger partial charge >= 0.3 is 5.97 Å². The van der Waals surface area contributed by atoms with Crippen molar-refractivity contribution in [3.63, 3.8) is 0 Å². The molecule has 1 unspecified atom stereocenters. The largest absolute Gasteiger partial charge is 0.454 e. The van der Waals surface area contributed by atoms with Gasteiger partial charge in [0.05, 0.1) is 18.7 Å². The number of benzene rings is 2. The summed E-state index contributed by atoms with van der Waals surface area (Å²) >= 11 is 0. The van der Waals surface area contributed by atoms with Crippen molar-refractivity contribution in [3.05, 3.63) is 91.0 Å². The minimum Gasteiger partial charge on any atom is -0.454 e. The zero-order valence-corrected chi connectivity index (χ0v) is 20.0. The highest BCUT2D eigenvalue weighted by Crippen LogP contribution is 2.20. The molecule has 0 aromatic heterocycles. The smallest absolute Gasteiger partial charge is 0.338 e. The molecule has 0 saturated heterocycles. The summed E-state index contributed by atoms with van der Waals surface area (Å²) in [4.78, 5) is 56.9. The third-order valence-electron chi connectivity index (χ3n) is 4.93. The van der Waals surface area contributed by atoms with E-state index in [1.54, 1.807) is 32.9 Å². The molecule has 13 heteroatoms. The van der Waals surface area contributed by atoms with Gasteiger partial charge in [-0.3, -0.25) is 4.79 Å². The number of amides is 1. The zero-order chi connectivity index (χ0) is 26.9. The second-order valence-corrected chi connectivity index (χ2v) is 8.69. The van der Waals surface area contributed by atoms with Crippen LogP contribution in [0, 0.1) is 20.2 Å². The molecule has 0 radical (unpaired) electrons. The molecular formula is C23H27N3O10. The average molecular weight is 505 g/mol. The normalized spacial score (nSPS) is 11.8. The van der Waals surface area contributed by atoms with Gasteiger partial charge in [-0.25, -0.2) is 4.79 Å². The summed E-state index contributed by atoms with van der Waals surface area (Å²) in [7, 11) is 0. The lowest BCUT2D eigenvalue weighted by atomic mass is 10.0. The molecule has 36 heavy (non-hydrogen) atoms. The fraction of sp³-hybridized carbons (Fsp3) is 0.391. The third kappa shape index (κ3) is 8.51. The van der Waals surface area contributed by atoms with Gasteiger partial charge in [0, 0.05) is 11.1 Å². The maximum atomic E-state index is 13.3. The number of hydrogen-bond acceptors (Lipinski definition) is 10. The van der Waals surface area contributed by atoms with E-state index in [0.717, 1.165) is 0 Å². The lowest BCUT2D eigenvalue weighted by Crippen LogP contribution is -2.50. The van der Waals surface area contributed by atoms with Crippen LogP contribution in [0.2, 0.25) is 0 Å². The second-order valence-electron chi connectivity index (χ2n) is 8.69. The summed E-state index contributed by atoms with van der Waals surface area (Å²) in [5.74, 6) is -1.24. The first-order valence-corrected chi connectivity index (χ1v) is 10.8. The number of carbonyl (C=O) groups is 2. The molecule has 0 aliphatic rings. The molecule has 0 bridgehead atoms. The van der Waals surface area contributed by atoms with E-state index >= 15 is 0 Å². The van der Waals surface area contributed by atoms with Crippen molar-refractivity contribution in [1.29, 1.82) is 0 Å². The molecule has 0 aliphatic carbocycles. The summed E-state index contributed by atoms with van der Waals surface area (Å²) in [6.07, 6.45) is -1.08. The molecule has 1 amide bonds. The predicted octanol–water partition coefficient (Wildman–Crippen LogP) is 2.56. The second kappa shape index (κ2) is 12.4. The molecule has 13 nitrogen and oxygen atoms in total. The van der Waals surface area contributed by atoms with Gasteiger partial charge in [0.15, 0.2) is 0 Å². The highest BCUT2D eigenvalue weighted by molar-refractivity contribution is 5.95. The Morgan fingerprint density at radius 1 is 0.944 bits per heavy atom. The Kier molecular flexibility index (Phi) is 9.67. The lowest BCUT2D eigenvalue weighted by molar-refractivity contribution is -0.763. The van der Waals surface area contributed by atoms with Crippen LogP contribution in [-0.4, -0.2) is 56.9 Å². The number of carbonyl (C=O) groups excluding carboxylic acids is 2. The predicted molar refractivity (Wildman–Crippen MR) is 124 cm³/mol. The van der Waals surface area contributed by atoms with Crippen LogP contribution in [0.25, 0.3) is 0 Å². The van der Waals surface area contributed by atoms with E-state index in [4.69, 9.17) is 4.74 Å². The van der Waals surface area contributed by atoms with E-state index in [1.165, 1.54) is 41.3 Å². The summed E-state index contributed by atoms with van der Waals surface area (Å²) < 4.78 is 5.41. The van der Waals surface area contributed by atoms with Crippen molar-refractivity contribution in [2.24, 2.45) is 0 Å². The number of rotatable bonds is 12. The number of esters is 1. The summed E-state index contributed by atoms with van der Waals surface area (Å²) in [5.41, 5.74) is 0.358. The Labute approximate surface area is 206 Å². The number of aliphatic hydroxyl groups is 1. The molecule has 2 aromatic carbocycles. The van der Waals surface area contributed by atoms with Gasteiger partial charge in [0.1, 0.15) is 19.3 Å². The van der Waals surface area contributed by atoms with Crippen LogP contribution < -0.4 is 0 Å². The number of aliphatic hydroxyl groups excluding tert-OH is 1. The van der Waals surface area contributed by atoms with Crippen LogP contribution in [0.4, 0.5) is 0 Å². The van der Waals surface area contributed by atoms with Crippen LogP contribution >= 0.6 is 0 Å². The summed E-state index contributed by atoms with van der Waals surface area (Å²) in [5, 5.41) is 28.8. The van der Waals surface area contributed by atoms with E-state index < -0.39 is 40.3 Å². The minimum absolute atomic E-state index is 0.0880. The maximum absolute atomic E-state index is 13.3. The van der Waals surface area contributed by atoms with Gasteiger partial charge < -0.3 is 24.4 Å². The van der Waals surface area contributed by atoms with Crippen molar-refractivity contribution >= 4 is 11.9 Å². The van der Waals surface area contributed by atoms with Crippen LogP contribution in [-0.2, 0) is 27.6 Å². The monoisotopic (exact) mass is 505 g/mol. The standard InChI is InChI=1S/C23H27N3O10/c1-23(2,3)24(21(28)18-8-4-6-16(10-18)14-34-25(30)31)12-20(13-27)36-22(29)19-9-5-7-17(11-19)15-35-26(32)33/h4-11,20,27H,12-15H2,1-3H3. The van der Waals surface area contributed by atoms with Crippen molar-refractivity contribution in [3.8, 4) is 0 Å². The average Bonchev–Trinajstić information content (AvgIpc) is 2.83. The molecule has 0 aliphatic heterocycles. The first-order chi connectivity index (χ1) is 16.9. The Hall–Kier alpha value is -4.26. The molecule has 2 rings (SSSR count). The highest BCUT2D eigenvalue weighted by atomic mass is 17.0. The molecular weight excluding hydrogens is 478 g/mol. The fourth-order valence-corrected chi connectivity index (χ4v) is 3.21. The van der Waals surface area contributed by atoms with Crippen molar-refractivity contribution in [1.82, 2.24) is 4.90 Å². The van der Waals surface area contributed by atoms with Gasteiger partial charge in [-0.15, -0.1) is 20.2 Å². The topological polar surface area (TPSA) is 172 Å². The Bertz CT molecular complexity index is 1100. The number of ether oxygens (including phenoxy) is 1. The fourth-order valence-electron chi connectivity index (χ4n) is 3.21. The molecule has 194 valence electrons.